The molecule has 1 aliphatic rings. The van der Waals surface area contributed by atoms with Gasteiger partial charge < -0.3 is 75.1 Å². The smallest absolute Gasteiger partial charge is 0.340 e. The molecule has 0 spiro atoms. The lowest BCUT2D eigenvalue weighted by Crippen LogP contribution is -2.61. The third-order valence-corrected chi connectivity index (χ3v) is 7.57. The highest BCUT2D eigenvalue weighted by Crippen LogP contribution is 2.38. The highest BCUT2D eigenvalue weighted by Gasteiger charge is 2.49. The number of aromatic hydroxyl groups is 9. The zero-order valence-corrected chi connectivity index (χ0v) is 27.9. The fraction of sp³-hybridized carbons (Fsp3) is 0.167. The number of allylic oxidation sites excluding steroid dienone is 1. The Morgan fingerprint density at radius 3 is 1.45 bits per heavy atom. The van der Waals surface area contributed by atoms with Crippen LogP contribution in [0.3, 0.4) is 0 Å². The first-order chi connectivity index (χ1) is 26.0. The number of hydrogen-bond donors (Lipinski definition) is 11. The number of carbonyl (C=O) groups excluding carboxylic acids is 4. The SMILES string of the molecule is O=C(OCC1OC(OC(=O)c2cc(O)c(O)c(O)c2)C(O)C(OC(=O)c2cc(O)c(O)c(O)c2)C1O)c1cc(O)c(O)c(O)c1.O=C/C=C\c1ccccc1. The van der Waals surface area contributed by atoms with Crippen molar-refractivity contribution in [1.29, 1.82) is 0 Å². The van der Waals surface area contributed by atoms with Gasteiger partial charge in [0.25, 0.3) is 0 Å². The molecule has 0 amide bonds. The molecule has 1 heterocycles. The van der Waals surface area contributed by atoms with Gasteiger partial charge in [0.15, 0.2) is 64.0 Å². The second kappa shape index (κ2) is 17.5. The van der Waals surface area contributed by atoms with Crippen LogP contribution in [0, 0.1) is 0 Å². The van der Waals surface area contributed by atoms with Gasteiger partial charge in [0.1, 0.15) is 25.1 Å². The molecule has 0 aromatic heterocycles. The molecule has 0 saturated carbocycles. The van der Waals surface area contributed by atoms with Gasteiger partial charge in [-0.2, -0.15) is 0 Å². The second-order valence-electron chi connectivity index (χ2n) is 11.4. The maximum absolute atomic E-state index is 12.8. The highest BCUT2D eigenvalue weighted by atomic mass is 16.7. The molecule has 1 aliphatic heterocycles. The standard InChI is InChI=1S/C27H24O18.C9H8O/c28-11-1-8(2-12(29)18(11)34)24(39)42-7-17-21(37)23(44-25(40)9-3-13(30)19(35)14(31)4-9)22(38)27(43-17)45-26(41)10-5-15(32)20(36)16(33)6-10;10-8-4-7-9-5-2-1-3-6-9/h1-6,17,21-23,27-38H,7H2;1-8H/b;7-4-. The Bertz CT molecular complexity index is 2010. The van der Waals surface area contributed by atoms with Crippen molar-refractivity contribution in [1.82, 2.24) is 0 Å². The van der Waals surface area contributed by atoms with Crippen LogP contribution in [0.5, 0.6) is 51.7 Å². The Balaban J connectivity index is 0.000000583. The molecule has 290 valence electrons. The molecule has 11 N–H and O–H groups in total. The molecule has 4 aromatic carbocycles. The number of carbonyl (C=O) groups is 4. The van der Waals surface area contributed by atoms with Gasteiger partial charge in [0, 0.05) is 0 Å². The predicted molar refractivity (Wildman–Crippen MR) is 181 cm³/mol. The molecule has 0 aliphatic carbocycles. The molecular formula is C36H32O19. The minimum atomic E-state index is -2.19. The van der Waals surface area contributed by atoms with Crippen LogP contribution in [-0.2, 0) is 23.7 Å². The number of esters is 3. The predicted octanol–water partition coefficient (Wildman–Crippen LogP) is 1.62. The summed E-state index contributed by atoms with van der Waals surface area (Å²) in [5, 5.41) is 108. The molecule has 5 atom stereocenters. The van der Waals surface area contributed by atoms with Crippen molar-refractivity contribution in [2.24, 2.45) is 0 Å². The van der Waals surface area contributed by atoms with Gasteiger partial charge in [-0.1, -0.05) is 36.4 Å². The average Bonchev–Trinajstić information content (AvgIpc) is 3.16. The molecule has 1 fully saturated rings. The summed E-state index contributed by atoms with van der Waals surface area (Å²) in [6, 6.07) is 13.9. The summed E-state index contributed by atoms with van der Waals surface area (Å²) in [5.74, 6) is -12.3. The third kappa shape index (κ3) is 9.81. The molecule has 19 nitrogen and oxygen atoms in total. The van der Waals surface area contributed by atoms with Crippen molar-refractivity contribution in [3.8, 4) is 51.7 Å². The first-order valence-electron chi connectivity index (χ1n) is 15.5. The van der Waals surface area contributed by atoms with Crippen molar-refractivity contribution < 1.29 is 94.3 Å². The summed E-state index contributed by atoms with van der Waals surface area (Å²) >= 11 is 0. The van der Waals surface area contributed by atoms with E-state index in [-0.39, 0.29) is 0 Å². The summed E-state index contributed by atoms with van der Waals surface area (Å²) in [4.78, 5) is 48.0. The topological polar surface area (TPSA) is 328 Å². The Hall–Kier alpha value is -7.22. The van der Waals surface area contributed by atoms with E-state index in [4.69, 9.17) is 18.9 Å². The number of aldehydes is 1. The number of aliphatic hydroxyl groups is 2. The van der Waals surface area contributed by atoms with Crippen molar-refractivity contribution in [3.05, 3.63) is 95.1 Å². The highest BCUT2D eigenvalue weighted by molar-refractivity contribution is 5.92. The fourth-order valence-corrected chi connectivity index (χ4v) is 4.76. The average molecular weight is 769 g/mol. The first kappa shape index (κ1) is 40.5. The zero-order chi connectivity index (χ0) is 40.6. The van der Waals surface area contributed by atoms with E-state index in [1.165, 1.54) is 6.08 Å². The summed E-state index contributed by atoms with van der Waals surface area (Å²) < 4.78 is 20.6. The normalized spacial score (nSPS) is 19.1. The number of rotatable bonds is 9. The maximum atomic E-state index is 12.8. The van der Waals surface area contributed by atoms with E-state index in [0.717, 1.165) is 24.0 Å². The van der Waals surface area contributed by atoms with Crippen molar-refractivity contribution in [2.45, 2.75) is 30.7 Å². The van der Waals surface area contributed by atoms with Crippen LogP contribution in [0.4, 0.5) is 0 Å². The van der Waals surface area contributed by atoms with E-state index in [2.05, 4.69) is 0 Å². The molecule has 0 radical (unpaired) electrons. The van der Waals surface area contributed by atoms with Crippen molar-refractivity contribution in [2.75, 3.05) is 6.61 Å². The minimum absolute atomic E-state index is 0.474. The van der Waals surface area contributed by atoms with Crippen LogP contribution in [-0.4, -0.2) is 118 Å². The van der Waals surface area contributed by atoms with Gasteiger partial charge in [0.2, 0.25) is 6.29 Å². The largest absolute Gasteiger partial charge is 0.504 e. The van der Waals surface area contributed by atoms with Crippen LogP contribution in [0.25, 0.3) is 6.08 Å². The van der Waals surface area contributed by atoms with E-state index in [0.29, 0.717) is 24.3 Å². The molecule has 19 heteroatoms. The first-order valence-corrected chi connectivity index (χ1v) is 15.5. The van der Waals surface area contributed by atoms with Gasteiger partial charge in [-0.25, -0.2) is 14.4 Å². The maximum Gasteiger partial charge on any atom is 0.340 e. The quantitative estimate of drug-likeness (QED) is 0.0379. The summed E-state index contributed by atoms with van der Waals surface area (Å²) in [6.45, 7) is -0.918. The van der Waals surface area contributed by atoms with Crippen LogP contribution in [0.2, 0.25) is 0 Å². The lowest BCUT2D eigenvalue weighted by molar-refractivity contribution is -0.284. The number of aliphatic hydroxyl groups excluding tert-OH is 2. The lowest BCUT2D eigenvalue weighted by atomic mass is 9.98. The molecular weight excluding hydrogens is 736 g/mol. The summed E-state index contributed by atoms with van der Waals surface area (Å²) in [5.41, 5.74) is -0.567. The van der Waals surface area contributed by atoms with E-state index in [1.807, 2.05) is 30.3 Å². The number of ether oxygens (including phenoxy) is 4. The molecule has 0 bridgehead atoms. The molecule has 4 aromatic rings. The number of benzene rings is 4. The van der Waals surface area contributed by atoms with Crippen LogP contribution >= 0.6 is 0 Å². The summed E-state index contributed by atoms with van der Waals surface area (Å²) in [7, 11) is 0. The molecule has 1 saturated heterocycles. The van der Waals surface area contributed by atoms with Crippen LogP contribution in [0.1, 0.15) is 36.6 Å². The molecule has 55 heavy (non-hydrogen) atoms. The van der Waals surface area contributed by atoms with Gasteiger partial charge in [-0.3, -0.25) is 4.79 Å². The zero-order valence-electron chi connectivity index (χ0n) is 27.9. The molecule has 5 rings (SSSR count). The van der Waals surface area contributed by atoms with Crippen molar-refractivity contribution >= 4 is 30.3 Å². The van der Waals surface area contributed by atoms with Gasteiger partial charge in [0.05, 0.1) is 16.7 Å². The Morgan fingerprint density at radius 1 is 0.600 bits per heavy atom. The van der Waals surface area contributed by atoms with Gasteiger partial charge in [-0.15, -0.1) is 0 Å². The monoisotopic (exact) mass is 768 g/mol. The third-order valence-electron chi connectivity index (χ3n) is 7.57. The number of phenolic OH excluding ortho intramolecular Hbond substituents is 9. The van der Waals surface area contributed by atoms with Crippen LogP contribution in [0.15, 0.2) is 72.8 Å². The summed E-state index contributed by atoms with van der Waals surface area (Å²) in [6.07, 6.45) is -6.14. The van der Waals surface area contributed by atoms with Crippen molar-refractivity contribution in [3.63, 3.8) is 0 Å². The Morgan fingerprint density at radius 2 is 1.02 bits per heavy atom. The van der Waals surface area contributed by atoms with Gasteiger partial charge in [-0.05, 0) is 48.0 Å². The van der Waals surface area contributed by atoms with E-state index < -0.39 is 124 Å². The van der Waals surface area contributed by atoms with E-state index >= 15 is 0 Å². The lowest BCUT2D eigenvalue weighted by Gasteiger charge is -2.41. The van der Waals surface area contributed by atoms with Gasteiger partial charge >= 0.3 is 17.9 Å². The number of hydrogen-bond acceptors (Lipinski definition) is 19. The Kier molecular flexibility index (Phi) is 12.9. The number of phenols is 9. The molecule has 5 unspecified atom stereocenters. The van der Waals surface area contributed by atoms with Crippen LogP contribution < -0.4 is 0 Å². The van der Waals surface area contributed by atoms with E-state index in [1.54, 1.807) is 6.08 Å². The minimum Gasteiger partial charge on any atom is -0.504 e. The second-order valence-corrected chi connectivity index (χ2v) is 11.4. The fourth-order valence-electron chi connectivity index (χ4n) is 4.76. The Labute approximate surface area is 308 Å². The van der Waals surface area contributed by atoms with E-state index in [9.17, 15) is 75.3 Å².